The molecule has 6 heteroatoms. The van der Waals surface area contributed by atoms with E-state index in [1.54, 1.807) is 19.0 Å². The van der Waals surface area contributed by atoms with E-state index in [4.69, 9.17) is 0 Å². The number of likely N-dealkylation sites (tertiary alicyclic amines) is 1. The number of hydrogen-bond donors (Lipinski definition) is 0. The molecule has 5 nitrogen and oxygen atoms in total. The monoisotopic (exact) mass is 454 g/mol. The minimum Gasteiger partial charge on any atom is -0.345 e. The Balaban J connectivity index is 1.39. The molecular formula is C23H27BrN4O. The van der Waals surface area contributed by atoms with E-state index < -0.39 is 0 Å². The fourth-order valence-electron chi connectivity index (χ4n) is 4.20. The molecule has 0 bridgehead atoms. The molecule has 1 aliphatic rings. The van der Waals surface area contributed by atoms with Crippen LogP contribution in [0.5, 0.6) is 0 Å². The highest BCUT2D eigenvalue weighted by atomic mass is 79.9. The van der Waals surface area contributed by atoms with Gasteiger partial charge < -0.3 is 9.47 Å². The number of piperidine rings is 1. The zero-order valence-electron chi connectivity index (χ0n) is 17.2. The molecule has 1 saturated heterocycles. The molecule has 0 aliphatic carbocycles. The first-order chi connectivity index (χ1) is 13.9. The first kappa shape index (κ1) is 20.1. The van der Waals surface area contributed by atoms with Gasteiger partial charge in [0, 0.05) is 55.0 Å². The summed E-state index contributed by atoms with van der Waals surface area (Å²) in [5.74, 6) is 0.625. The van der Waals surface area contributed by atoms with Crippen LogP contribution in [0.4, 0.5) is 0 Å². The van der Waals surface area contributed by atoms with Gasteiger partial charge in [-0.25, -0.2) is 4.98 Å². The van der Waals surface area contributed by atoms with Crippen molar-refractivity contribution in [1.29, 1.82) is 0 Å². The van der Waals surface area contributed by atoms with Crippen LogP contribution in [0.1, 0.15) is 40.4 Å². The minimum atomic E-state index is 0.0578. The van der Waals surface area contributed by atoms with Gasteiger partial charge in [-0.05, 0) is 77.6 Å². The Morgan fingerprint density at radius 3 is 2.48 bits per heavy atom. The summed E-state index contributed by atoms with van der Waals surface area (Å²) in [5.41, 5.74) is 4.42. The number of carbonyl (C=O) groups is 1. The lowest BCUT2D eigenvalue weighted by atomic mass is 9.89. The summed E-state index contributed by atoms with van der Waals surface area (Å²) < 4.78 is 3.30. The van der Waals surface area contributed by atoms with Gasteiger partial charge in [-0.3, -0.25) is 9.69 Å². The highest BCUT2D eigenvalue weighted by Gasteiger charge is 2.22. The van der Waals surface area contributed by atoms with E-state index in [1.165, 1.54) is 16.6 Å². The maximum Gasteiger partial charge on any atom is 0.253 e. The lowest BCUT2D eigenvalue weighted by Crippen LogP contribution is -2.33. The second kappa shape index (κ2) is 8.28. The van der Waals surface area contributed by atoms with E-state index in [2.05, 4.69) is 55.6 Å². The standard InChI is InChI=1S/C23H27BrN4O/c1-26(2)23(29)18-6-4-16(5-7-18)17-9-12-28(13-10-17)15-19-14-20-21(24)8-11-25-22(20)27(19)3/h4-8,11,14,17H,9-10,12-13,15H2,1-3H3. The SMILES string of the molecule is CN(C)C(=O)c1ccc(C2CCN(Cc3cc4c(Br)ccnc4n3C)CC2)cc1. The maximum atomic E-state index is 12.1. The number of aromatic nitrogens is 2. The van der Waals surface area contributed by atoms with Gasteiger partial charge in [-0.2, -0.15) is 0 Å². The molecule has 0 saturated carbocycles. The van der Waals surface area contributed by atoms with Crippen molar-refractivity contribution in [2.75, 3.05) is 27.2 Å². The largest absolute Gasteiger partial charge is 0.345 e. The van der Waals surface area contributed by atoms with Crippen LogP contribution in [0, 0.1) is 0 Å². The van der Waals surface area contributed by atoms with Gasteiger partial charge >= 0.3 is 0 Å². The first-order valence-electron chi connectivity index (χ1n) is 10.1. The number of benzene rings is 1. The quantitative estimate of drug-likeness (QED) is 0.585. The van der Waals surface area contributed by atoms with Crippen LogP contribution in [0.15, 0.2) is 47.1 Å². The summed E-state index contributed by atoms with van der Waals surface area (Å²) in [5, 5.41) is 1.17. The van der Waals surface area contributed by atoms with Gasteiger partial charge in [0.1, 0.15) is 5.65 Å². The normalized spacial score (nSPS) is 15.7. The van der Waals surface area contributed by atoms with Gasteiger partial charge in [-0.1, -0.05) is 12.1 Å². The van der Waals surface area contributed by atoms with E-state index in [9.17, 15) is 4.79 Å². The number of halogens is 1. The van der Waals surface area contributed by atoms with Crippen molar-refractivity contribution in [1.82, 2.24) is 19.4 Å². The molecule has 2 aromatic heterocycles. The van der Waals surface area contributed by atoms with Crippen molar-refractivity contribution >= 4 is 32.9 Å². The molecule has 1 aromatic carbocycles. The number of hydrogen-bond acceptors (Lipinski definition) is 3. The Morgan fingerprint density at radius 2 is 1.86 bits per heavy atom. The Hall–Kier alpha value is -2.18. The zero-order valence-corrected chi connectivity index (χ0v) is 18.8. The molecule has 0 unspecified atom stereocenters. The lowest BCUT2D eigenvalue weighted by Gasteiger charge is -2.32. The maximum absolute atomic E-state index is 12.1. The lowest BCUT2D eigenvalue weighted by molar-refractivity contribution is 0.0827. The molecule has 0 atom stereocenters. The first-order valence-corrected chi connectivity index (χ1v) is 10.9. The van der Waals surface area contributed by atoms with Gasteiger partial charge in [0.2, 0.25) is 0 Å². The van der Waals surface area contributed by atoms with E-state index in [1.807, 2.05) is 24.4 Å². The van der Waals surface area contributed by atoms with Crippen LogP contribution in [-0.2, 0) is 13.6 Å². The van der Waals surface area contributed by atoms with Crippen LogP contribution >= 0.6 is 15.9 Å². The summed E-state index contributed by atoms with van der Waals surface area (Å²) in [6.45, 7) is 3.11. The molecule has 0 spiro atoms. The highest BCUT2D eigenvalue weighted by Crippen LogP contribution is 2.30. The van der Waals surface area contributed by atoms with Gasteiger partial charge in [0.05, 0.1) is 0 Å². The van der Waals surface area contributed by atoms with Crippen molar-refractivity contribution in [3.8, 4) is 0 Å². The molecule has 3 heterocycles. The Morgan fingerprint density at radius 1 is 1.17 bits per heavy atom. The van der Waals surface area contributed by atoms with Gasteiger partial charge in [0.25, 0.3) is 5.91 Å². The van der Waals surface area contributed by atoms with Gasteiger partial charge in [0.15, 0.2) is 0 Å². The Bertz CT molecular complexity index is 1020. The number of fused-ring (bicyclic) bond motifs is 1. The van der Waals surface area contributed by atoms with Crippen LogP contribution in [0.3, 0.4) is 0 Å². The Kier molecular flexibility index (Phi) is 5.74. The summed E-state index contributed by atoms with van der Waals surface area (Å²) >= 11 is 3.63. The molecule has 1 aliphatic heterocycles. The third kappa shape index (κ3) is 4.09. The molecule has 3 aromatic rings. The topological polar surface area (TPSA) is 41.4 Å². The molecule has 0 N–H and O–H groups in total. The van der Waals surface area contributed by atoms with Crippen molar-refractivity contribution in [3.63, 3.8) is 0 Å². The fourth-order valence-corrected chi connectivity index (χ4v) is 4.61. The summed E-state index contributed by atoms with van der Waals surface area (Å²) in [6, 6.07) is 12.4. The predicted molar refractivity (Wildman–Crippen MR) is 120 cm³/mol. The molecule has 152 valence electrons. The third-order valence-electron chi connectivity index (χ3n) is 5.98. The third-order valence-corrected chi connectivity index (χ3v) is 6.68. The number of pyridine rings is 1. The smallest absolute Gasteiger partial charge is 0.253 e. The number of carbonyl (C=O) groups excluding carboxylic acids is 1. The second-order valence-corrected chi connectivity index (χ2v) is 8.95. The molecule has 1 fully saturated rings. The number of aryl methyl sites for hydroxylation is 1. The van der Waals surface area contributed by atoms with Crippen molar-refractivity contribution in [2.45, 2.75) is 25.3 Å². The predicted octanol–water partition coefficient (Wildman–Crippen LogP) is 4.42. The van der Waals surface area contributed by atoms with Crippen LogP contribution in [0.25, 0.3) is 11.0 Å². The highest BCUT2D eigenvalue weighted by molar-refractivity contribution is 9.10. The summed E-state index contributed by atoms with van der Waals surface area (Å²) in [4.78, 5) is 20.7. The van der Waals surface area contributed by atoms with E-state index in [0.29, 0.717) is 5.92 Å². The van der Waals surface area contributed by atoms with Crippen molar-refractivity contribution in [2.24, 2.45) is 7.05 Å². The van der Waals surface area contributed by atoms with Crippen LogP contribution in [0.2, 0.25) is 0 Å². The van der Waals surface area contributed by atoms with E-state index in [0.717, 1.165) is 48.2 Å². The summed E-state index contributed by atoms with van der Waals surface area (Å²) in [6.07, 6.45) is 4.14. The van der Waals surface area contributed by atoms with Gasteiger partial charge in [-0.15, -0.1) is 0 Å². The van der Waals surface area contributed by atoms with E-state index >= 15 is 0 Å². The number of nitrogens with zero attached hydrogens (tertiary/aromatic N) is 4. The number of rotatable bonds is 4. The van der Waals surface area contributed by atoms with Crippen LogP contribution in [-0.4, -0.2) is 52.4 Å². The summed E-state index contributed by atoms with van der Waals surface area (Å²) in [7, 11) is 5.67. The second-order valence-electron chi connectivity index (χ2n) is 8.10. The molecule has 0 radical (unpaired) electrons. The molecular weight excluding hydrogens is 428 g/mol. The average molecular weight is 455 g/mol. The van der Waals surface area contributed by atoms with Crippen molar-refractivity contribution < 1.29 is 4.79 Å². The molecule has 1 amide bonds. The minimum absolute atomic E-state index is 0.0578. The molecule has 29 heavy (non-hydrogen) atoms. The van der Waals surface area contributed by atoms with Crippen molar-refractivity contribution in [3.05, 3.63) is 63.9 Å². The fraction of sp³-hybridized carbons (Fsp3) is 0.391. The zero-order chi connectivity index (χ0) is 20.5. The van der Waals surface area contributed by atoms with Crippen LogP contribution < -0.4 is 0 Å². The number of amides is 1. The molecule has 4 rings (SSSR count). The Labute approximate surface area is 180 Å². The van der Waals surface area contributed by atoms with E-state index in [-0.39, 0.29) is 5.91 Å². The average Bonchev–Trinajstić information content (AvgIpc) is 3.05.